The zero-order valence-electron chi connectivity index (χ0n) is 18.8. The minimum Gasteiger partial charge on any atom is -0.465 e. The van der Waals surface area contributed by atoms with Gasteiger partial charge in [-0.25, -0.2) is 14.8 Å². The van der Waals surface area contributed by atoms with Crippen molar-refractivity contribution in [2.24, 2.45) is 0 Å². The van der Waals surface area contributed by atoms with Crippen molar-refractivity contribution in [2.75, 3.05) is 5.32 Å². The zero-order chi connectivity index (χ0) is 25.1. The van der Waals surface area contributed by atoms with Crippen LogP contribution in [0.2, 0.25) is 5.02 Å². The van der Waals surface area contributed by atoms with Gasteiger partial charge in [-0.1, -0.05) is 23.7 Å². The fraction of sp³-hybridized carbons (Fsp3) is 0.167. The number of nitrogens with zero attached hydrogens (tertiary/aromatic N) is 4. The summed E-state index contributed by atoms with van der Waals surface area (Å²) in [7, 11) is 0. The Morgan fingerprint density at radius 3 is 2.49 bits per heavy atom. The normalized spacial score (nSPS) is 11.9. The molecule has 0 spiro atoms. The highest BCUT2D eigenvalue weighted by Crippen LogP contribution is 2.25. The second-order valence-electron chi connectivity index (χ2n) is 8.02. The van der Waals surface area contributed by atoms with Crippen molar-refractivity contribution in [1.82, 2.24) is 24.8 Å². The van der Waals surface area contributed by atoms with Crippen LogP contribution in [0.3, 0.4) is 0 Å². The summed E-state index contributed by atoms with van der Waals surface area (Å²) in [6.07, 6.45) is 6.13. The summed E-state index contributed by atoms with van der Waals surface area (Å²) in [5.41, 5.74) is 1.92. The average molecular weight is 493 g/mol. The molecular weight excluding hydrogens is 472 g/mol. The van der Waals surface area contributed by atoms with Gasteiger partial charge in [0.05, 0.1) is 17.4 Å². The van der Waals surface area contributed by atoms with E-state index >= 15 is 0 Å². The molecule has 0 aliphatic rings. The maximum Gasteiger partial charge on any atom is 0.405 e. The lowest BCUT2D eigenvalue weighted by molar-refractivity contribution is -0.118. The Morgan fingerprint density at radius 1 is 1.06 bits per heavy atom. The lowest BCUT2D eigenvalue weighted by Gasteiger charge is -2.17. The van der Waals surface area contributed by atoms with Crippen LogP contribution in [0.5, 0.6) is 0 Å². The molecule has 0 aliphatic carbocycles. The molecule has 3 aromatic heterocycles. The number of anilines is 1. The van der Waals surface area contributed by atoms with Crippen LogP contribution in [-0.2, 0) is 4.79 Å². The Hall–Kier alpha value is -4.31. The van der Waals surface area contributed by atoms with E-state index in [-0.39, 0.29) is 23.1 Å². The molecule has 1 atom stereocenters. The summed E-state index contributed by atoms with van der Waals surface area (Å²) in [6.45, 7) is 3.96. The maximum atomic E-state index is 13.3. The van der Waals surface area contributed by atoms with E-state index in [1.54, 1.807) is 36.7 Å². The SMILES string of the molecule is CC(C)n1cc(C(=O)c2cncc(NC(=O)C(NC(=O)O)c3ccc(Cl)cc3)c2)c2cncnc21. The van der Waals surface area contributed by atoms with Crippen LogP contribution in [-0.4, -0.2) is 42.4 Å². The van der Waals surface area contributed by atoms with Crippen molar-refractivity contribution >= 4 is 46.1 Å². The van der Waals surface area contributed by atoms with Gasteiger partial charge in [0.15, 0.2) is 5.78 Å². The second-order valence-corrected chi connectivity index (χ2v) is 8.45. The number of ketones is 1. The van der Waals surface area contributed by atoms with E-state index in [4.69, 9.17) is 11.6 Å². The maximum absolute atomic E-state index is 13.3. The number of pyridine rings is 1. The number of rotatable bonds is 7. The monoisotopic (exact) mass is 492 g/mol. The molecule has 4 rings (SSSR count). The summed E-state index contributed by atoms with van der Waals surface area (Å²) < 4.78 is 1.89. The molecule has 35 heavy (non-hydrogen) atoms. The fourth-order valence-electron chi connectivity index (χ4n) is 3.64. The molecule has 2 amide bonds. The van der Waals surface area contributed by atoms with Crippen molar-refractivity contribution in [3.63, 3.8) is 0 Å². The molecule has 0 aliphatic heterocycles. The molecular formula is C24H21ClN6O4. The van der Waals surface area contributed by atoms with Crippen molar-refractivity contribution in [3.05, 3.63) is 83.2 Å². The van der Waals surface area contributed by atoms with Crippen LogP contribution in [0, 0.1) is 0 Å². The average Bonchev–Trinajstić information content (AvgIpc) is 3.23. The minimum absolute atomic E-state index is 0.0734. The zero-order valence-corrected chi connectivity index (χ0v) is 19.5. The predicted octanol–water partition coefficient (Wildman–Crippen LogP) is 4.24. The van der Waals surface area contributed by atoms with E-state index in [2.05, 4.69) is 25.6 Å². The lowest BCUT2D eigenvalue weighted by atomic mass is 10.0. The first-order valence-electron chi connectivity index (χ1n) is 10.6. The van der Waals surface area contributed by atoms with E-state index in [9.17, 15) is 19.5 Å². The highest BCUT2D eigenvalue weighted by Gasteiger charge is 2.24. The molecule has 178 valence electrons. The Morgan fingerprint density at radius 2 is 1.80 bits per heavy atom. The summed E-state index contributed by atoms with van der Waals surface area (Å²) in [5.74, 6) is -0.961. The Kier molecular flexibility index (Phi) is 6.74. The molecule has 11 heteroatoms. The third-order valence-corrected chi connectivity index (χ3v) is 5.55. The van der Waals surface area contributed by atoms with Gasteiger partial charge in [-0.05, 0) is 37.6 Å². The van der Waals surface area contributed by atoms with Crippen LogP contribution in [0.15, 0.2) is 61.4 Å². The van der Waals surface area contributed by atoms with Gasteiger partial charge in [0, 0.05) is 40.6 Å². The number of fused-ring (bicyclic) bond motifs is 1. The molecule has 0 radical (unpaired) electrons. The first-order chi connectivity index (χ1) is 16.7. The predicted molar refractivity (Wildman–Crippen MR) is 130 cm³/mol. The van der Waals surface area contributed by atoms with Gasteiger partial charge in [-0.3, -0.25) is 14.6 Å². The first-order valence-corrected chi connectivity index (χ1v) is 11.0. The Labute approximate surface area is 205 Å². The summed E-state index contributed by atoms with van der Waals surface area (Å²) >= 11 is 5.90. The molecule has 3 N–H and O–H groups in total. The van der Waals surface area contributed by atoms with Crippen molar-refractivity contribution < 1.29 is 19.5 Å². The molecule has 0 fully saturated rings. The molecule has 1 aromatic carbocycles. The van der Waals surface area contributed by atoms with Gasteiger partial charge < -0.3 is 20.3 Å². The van der Waals surface area contributed by atoms with Crippen molar-refractivity contribution in [2.45, 2.75) is 25.9 Å². The van der Waals surface area contributed by atoms with Gasteiger partial charge in [-0.2, -0.15) is 0 Å². The Bertz CT molecular complexity index is 1420. The van der Waals surface area contributed by atoms with Crippen LogP contribution < -0.4 is 10.6 Å². The first kappa shape index (κ1) is 23.8. The number of amides is 2. The number of hydrogen-bond donors (Lipinski definition) is 3. The van der Waals surface area contributed by atoms with E-state index in [1.807, 2.05) is 18.4 Å². The quantitative estimate of drug-likeness (QED) is 0.328. The molecule has 10 nitrogen and oxygen atoms in total. The fourth-order valence-corrected chi connectivity index (χ4v) is 3.77. The lowest BCUT2D eigenvalue weighted by Crippen LogP contribution is -2.36. The summed E-state index contributed by atoms with van der Waals surface area (Å²) in [4.78, 5) is 50.0. The minimum atomic E-state index is -1.37. The van der Waals surface area contributed by atoms with Gasteiger partial charge in [0.2, 0.25) is 0 Å². The Balaban J connectivity index is 1.62. The van der Waals surface area contributed by atoms with Gasteiger partial charge in [0.1, 0.15) is 18.0 Å². The molecule has 4 aromatic rings. The molecule has 1 unspecified atom stereocenters. The number of benzene rings is 1. The summed E-state index contributed by atoms with van der Waals surface area (Å²) in [6, 6.07) is 6.56. The molecule has 0 bridgehead atoms. The number of hydrogen-bond acceptors (Lipinski definition) is 6. The number of carbonyl (C=O) groups excluding carboxylic acids is 2. The smallest absolute Gasteiger partial charge is 0.405 e. The van der Waals surface area contributed by atoms with Crippen molar-refractivity contribution in [3.8, 4) is 0 Å². The third-order valence-electron chi connectivity index (χ3n) is 5.30. The standard InChI is InChI=1S/C24H21ClN6O4/c1-13(2)31-11-19(18-10-27-12-28-22(18)31)21(32)15-7-17(9-26-8-15)29-23(33)20(30-24(34)35)14-3-5-16(25)6-4-14/h3-13,20,30H,1-2H3,(H,29,33)(H,34,35). The van der Waals surface area contributed by atoms with Gasteiger partial charge in [0.25, 0.3) is 5.91 Å². The number of carboxylic acid groups (broad SMARTS) is 1. The number of carbonyl (C=O) groups is 3. The van der Waals surface area contributed by atoms with Crippen LogP contribution in [0.1, 0.15) is 47.4 Å². The third kappa shape index (κ3) is 5.12. The molecule has 0 saturated heterocycles. The van der Waals surface area contributed by atoms with Crippen molar-refractivity contribution in [1.29, 1.82) is 0 Å². The number of nitrogens with one attached hydrogen (secondary N) is 2. The topological polar surface area (TPSA) is 139 Å². The molecule has 3 heterocycles. The van der Waals surface area contributed by atoms with Gasteiger partial charge >= 0.3 is 6.09 Å². The van der Waals surface area contributed by atoms with Crippen LogP contribution in [0.4, 0.5) is 10.5 Å². The van der Waals surface area contributed by atoms with E-state index in [1.165, 1.54) is 24.8 Å². The second kappa shape index (κ2) is 9.90. The van der Waals surface area contributed by atoms with Gasteiger partial charge in [-0.15, -0.1) is 0 Å². The van der Waals surface area contributed by atoms with E-state index in [0.29, 0.717) is 27.2 Å². The highest BCUT2D eigenvalue weighted by molar-refractivity contribution is 6.30. The van der Waals surface area contributed by atoms with Crippen LogP contribution >= 0.6 is 11.6 Å². The number of aromatic nitrogens is 4. The largest absolute Gasteiger partial charge is 0.465 e. The van der Waals surface area contributed by atoms with E-state index in [0.717, 1.165) is 0 Å². The summed E-state index contributed by atoms with van der Waals surface area (Å²) in [5, 5.41) is 15.1. The number of halogens is 1. The van der Waals surface area contributed by atoms with Crippen LogP contribution in [0.25, 0.3) is 11.0 Å². The molecule has 0 saturated carbocycles. The highest BCUT2D eigenvalue weighted by atomic mass is 35.5. The van der Waals surface area contributed by atoms with E-state index < -0.39 is 18.0 Å².